The van der Waals surface area contributed by atoms with Gasteiger partial charge in [-0.05, 0) is 44.2 Å². The number of benzene rings is 1. The molecule has 0 saturated heterocycles. The Labute approximate surface area is 165 Å². The average molecular weight is 394 g/mol. The number of hydrogen-bond donors (Lipinski definition) is 2. The number of nitrogens with zero attached hydrogens (tertiary/aromatic N) is 1. The van der Waals surface area contributed by atoms with E-state index in [-0.39, 0.29) is 23.5 Å². The lowest BCUT2D eigenvalue weighted by Gasteiger charge is -2.06. The first-order valence-electron chi connectivity index (χ1n) is 8.94. The molecule has 4 rings (SSSR count). The molecule has 1 aliphatic rings. The summed E-state index contributed by atoms with van der Waals surface area (Å²) in [6, 6.07) is 6.92. The SMILES string of the molecule is CCOC(=O)C1=Nc2ccc(OC)cc2/C1=C\c1oc(O)c2c(=O)[nH]c(C)cc12. The highest BCUT2D eigenvalue weighted by Crippen LogP contribution is 2.40. The minimum Gasteiger partial charge on any atom is -0.497 e. The number of aromatic hydroxyl groups is 1. The first-order chi connectivity index (χ1) is 13.9. The molecule has 8 nitrogen and oxygen atoms in total. The van der Waals surface area contributed by atoms with Gasteiger partial charge in [-0.15, -0.1) is 0 Å². The lowest BCUT2D eigenvalue weighted by Crippen LogP contribution is -2.16. The summed E-state index contributed by atoms with van der Waals surface area (Å²) in [5.41, 5.74) is 1.94. The van der Waals surface area contributed by atoms with Gasteiger partial charge in [-0.1, -0.05) is 0 Å². The third-order valence-corrected chi connectivity index (χ3v) is 4.58. The molecule has 148 valence electrons. The molecule has 3 heterocycles. The van der Waals surface area contributed by atoms with Crippen molar-refractivity contribution in [2.45, 2.75) is 13.8 Å². The fourth-order valence-corrected chi connectivity index (χ4v) is 3.31. The number of aromatic nitrogens is 1. The van der Waals surface area contributed by atoms with Crippen LogP contribution >= 0.6 is 0 Å². The van der Waals surface area contributed by atoms with Crippen molar-refractivity contribution in [3.05, 3.63) is 51.6 Å². The number of rotatable bonds is 4. The van der Waals surface area contributed by atoms with Crippen LogP contribution in [0.15, 0.2) is 38.5 Å². The Kier molecular flexibility index (Phi) is 4.46. The van der Waals surface area contributed by atoms with E-state index in [1.807, 2.05) is 0 Å². The van der Waals surface area contributed by atoms with Crippen LogP contribution in [0.5, 0.6) is 11.7 Å². The van der Waals surface area contributed by atoms with Crippen LogP contribution in [0.2, 0.25) is 0 Å². The summed E-state index contributed by atoms with van der Waals surface area (Å²) in [5, 5.41) is 10.6. The van der Waals surface area contributed by atoms with Crippen LogP contribution in [-0.4, -0.2) is 35.5 Å². The molecular weight excluding hydrogens is 376 g/mol. The van der Waals surface area contributed by atoms with E-state index >= 15 is 0 Å². The summed E-state index contributed by atoms with van der Waals surface area (Å²) < 4.78 is 15.9. The van der Waals surface area contributed by atoms with Crippen molar-refractivity contribution in [1.29, 1.82) is 0 Å². The van der Waals surface area contributed by atoms with Crippen LogP contribution < -0.4 is 10.3 Å². The number of esters is 1. The number of aromatic amines is 1. The van der Waals surface area contributed by atoms with Crippen molar-refractivity contribution in [2.24, 2.45) is 4.99 Å². The molecule has 0 aliphatic carbocycles. The molecule has 2 N–H and O–H groups in total. The van der Waals surface area contributed by atoms with Crippen LogP contribution in [0.3, 0.4) is 0 Å². The van der Waals surface area contributed by atoms with Crippen molar-refractivity contribution in [1.82, 2.24) is 4.98 Å². The van der Waals surface area contributed by atoms with Crippen LogP contribution in [0.4, 0.5) is 5.69 Å². The molecule has 0 radical (unpaired) electrons. The number of aliphatic imine (C=N–C) groups is 1. The number of fused-ring (bicyclic) bond motifs is 2. The molecule has 0 saturated carbocycles. The minimum atomic E-state index is -0.581. The van der Waals surface area contributed by atoms with E-state index in [4.69, 9.17) is 13.9 Å². The first-order valence-corrected chi connectivity index (χ1v) is 8.94. The largest absolute Gasteiger partial charge is 0.497 e. The summed E-state index contributed by atoms with van der Waals surface area (Å²) >= 11 is 0. The lowest BCUT2D eigenvalue weighted by molar-refractivity contribution is -0.134. The van der Waals surface area contributed by atoms with Crippen LogP contribution in [-0.2, 0) is 9.53 Å². The van der Waals surface area contributed by atoms with Gasteiger partial charge in [0.25, 0.3) is 11.5 Å². The predicted molar refractivity (Wildman–Crippen MR) is 108 cm³/mol. The number of pyridine rings is 1. The van der Waals surface area contributed by atoms with Crippen molar-refractivity contribution in [3.8, 4) is 11.7 Å². The van der Waals surface area contributed by atoms with Gasteiger partial charge in [0.15, 0.2) is 5.71 Å². The van der Waals surface area contributed by atoms with E-state index in [2.05, 4.69) is 9.98 Å². The number of H-pyrrole nitrogens is 1. The Morgan fingerprint density at radius 2 is 2.14 bits per heavy atom. The number of carbonyl (C=O) groups is 1. The van der Waals surface area contributed by atoms with Crippen molar-refractivity contribution >= 4 is 39.8 Å². The van der Waals surface area contributed by atoms with Gasteiger partial charge < -0.3 is 24.0 Å². The van der Waals surface area contributed by atoms with Gasteiger partial charge >= 0.3 is 5.97 Å². The molecule has 3 aromatic rings. The molecule has 1 aromatic carbocycles. The Hall–Kier alpha value is -3.81. The van der Waals surface area contributed by atoms with Crippen LogP contribution in [0.25, 0.3) is 22.4 Å². The normalized spacial score (nSPS) is 14.2. The molecule has 0 spiro atoms. The van der Waals surface area contributed by atoms with Gasteiger partial charge in [-0.25, -0.2) is 9.79 Å². The zero-order chi connectivity index (χ0) is 20.7. The van der Waals surface area contributed by atoms with E-state index in [1.165, 1.54) is 0 Å². The molecule has 0 atom stereocenters. The summed E-state index contributed by atoms with van der Waals surface area (Å²) in [7, 11) is 1.54. The Bertz CT molecular complexity index is 1260. The third-order valence-electron chi connectivity index (χ3n) is 4.58. The minimum absolute atomic E-state index is 0.0425. The summed E-state index contributed by atoms with van der Waals surface area (Å²) in [4.78, 5) is 31.7. The zero-order valence-electron chi connectivity index (χ0n) is 16.0. The maximum atomic E-state index is 12.5. The second-order valence-electron chi connectivity index (χ2n) is 6.46. The second kappa shape index (κ2) is 6.97. The molecule has 0 bridgehead atoms. The average Bonchev–Trinajstić information content (AvgIpc) is 3.19. The summed E-state index contributed by atoms with van der Waals surface area (Å²) in [6.45, 7) is 3.63. The van der Waals surface area contributed by atoms with Crippen LogP contribution in [0, 0.1) is 6.92 Å². The topological polar surface area (TPSA) is 114 Å². The molecule has 0 unspecified atom stereocenters. The monoisotopic (exact) mass is 394 g/mol. The fraction of sp³-hybridized carbons (Fsp3) is 0.190. The van der Waals surface area contributed by atoms with Gasteiger partial charge in [0.2, 0.25) is 0 Å². The fourth-order valence-electron chi connectivity index (χ4n) is 3.31. The standard InChI is InChI=1S/C21H18N2O6/c1-4-28-21(26)18-13(12-8-11(27-3)5-6-15(12)23-18)9-16-14-7-10(2)22-19(24)17(14)20(25)29-16/h5-9,25H,4H2,1-3H3,(H,22,24)/b13-9+. The number of aryl methyl sites for hydroxylation is 1. The molecule has 0 amide bonds. The van der Waals surface area contributed by atoms with Gasteiger partial charge in [-0.3, -0.25) is 4.79 Å². The van der Waals surface area contributed by atoms with Gasteiger partial charge in [0, 0.05) is 22.2 Å². The summed E-state index contributed by atoms with van der Waals surface area (Å²) in [5.74, 6) is -0.251. The highest BCUT2D eigenvalue weighted by Gasteiger charge is 2.29. The molecule has 0 fully saturated rings. The number of nitrogens with one attached hydrogen (secondary N) is 1. The van der Waals surface area contributed by atoms with E-state index in [0.29, 0.717) is 33.7 Å². The highest BCUT2D eigenvalue weighted by molar-refractivity contribution is 6.58. The summed E-state index contributed by atoms with van der Waals surface area (Å²) in [6.07, 6.45) is 1.57. The molecular formula is C21H18N2O6. The Balaban J connectivity index is 1.95. The van der Waals surface area contributed by atoms with E-state index < -0.39 is 17.5 Å². The molecule has 2 aromatic heterocycles. The predicted octanol–water partition coefficient (Wildman–Crippen LogP) is 3.33. The van der Waals surface area contributed by atoms with Crippen LogP contribution in [0.1, 0.15) is 23.9 Å². The third kappa shape index (κ3) is 3.08. The van der Waals surface area contributed by atoms with E-state index in [0.717, 1.165) is 0 Å². The van der Waals surface area contributed by atoms with Gasteiger partial charge in [0.05, 0.1) is 19.4 Å². The molecule has 1 aliphatic heterocycles. The smallest absolute Gasteiger partial charge is 0.357 e. The van der Waals surface area contributed by atoms with Crippen molar-refractivity contribution in [3.63, 3.8) is 0 Å². The number of furan rings is 1. The molecule has 29 heavy (non-hydrogen) atoms. The van der Waals surface area contributed by atoms with Crippen molar-refractivity contribution < 1.29 is 23.8 Å². The first kappa shape index (κ1) is 18.5. The van der Waals surface area contributed by atoms with Gasteiger partial charge in [-0.2, -0.15) is 0 Å². The van der Waals surface area contributed by atoms with Gasteiger partial charge in [0.1, 0.15) is 16.9 Å². The number of hydrogen-bond acceptors (Lipinski definition) is 7. The highest BCUT2D eigenvalue weighted by atomic mass is 16.5. The molecule has 8 heteroatoms. The Morgan fingerprint density at radius 1 is 1.34 bits per heavy atom. The quantitative estimate of drug-likeness (QED) is 0.656. The maximum absolute atomic E-state index is 12.5. The number of methoxy groups -OCH3 is 1. The Morgan fingerprint density at radius 3 is 2.86 bits per heavy atom. The number of ether oxygens (including phenoxy) is 2. The second-order valence-corrected chi connectivity index (χ2v) is 6.46. The van der Waals surface area contributed by atoms with Crippen molar-refractivity contribution in [2.75, 3.05) is 13.7 Å². The number of carbonyl (C=O) groups excluding carboxylic acids is 1. The maximum Gasteiger partial charge on any atom is 0.357 e. The zero-order valence-corrected chi connectivity index (χ0v) is 16.0. The lowest BCUT2D eigenvalue weighted by atomic mass is 10.0. The van der Waals surface area contributed by atoms with E-state index in [1.54, 1.807) is 51.3 Å². The van der Waals surface area contributed by atoms with E-state index in [9.17, 15) is 14.7 Å².